The molecule has 1 aliphatic heterocycles. The first-order valence-electron chi connectivity index (χ1n) is 8.04. The van der Waals surface area contributed by atoms with E-state index in [1.54, 1.807) is 30.0 Å². The van der Waals surface area contributed by atoms with Crippen LogP contribution in [0.4, 0.5) is 11.4 Å². The van der Waals surface area contributed by atoms with E-state index in [-0.39, 0.29) is 17.3 Å². The number of nitro benzene ring substituents is 1. The lowest BCUT2D eigenvalue weighted by Crippen LogP contribution is -2.48. The number of hydrogen-bond donors (Lipinski definition) is 1. The minimum Gasteiger partial charge on any atom is -0.508 e. The predicted octanol–water partition coefficient (Wildman–Crippen LogP) is 2.57. The van der Waals surface area contributed by atoms with Crippen LogP contribution in [-0.2, 0) is 0 Å². The van der Waals surface area contributed by atoms with Crippen molar-refractivity contribution in [2.45, 2.75) is 6.92 Å². The van der Waals surface area contributed by atoms with Gasteiger partial charge in [0.15, 0.2) is 0 Å². The largest absolute Gasteiger partial charge is 0.508 e. The van der Waals surface area contributed by atoms with Gasteiger partial charge >= 0.3 is 0 Å². The van der Waals surface area contributed by atoms with Crippen LogP contribution in [0.15, 0.2) is 42.5 Å². The molecule has 0 aromatic heterocycles. The highest BCUT2D eigenvalue weighted by molar-refractivity contribution is 5.96. The number of phenolic OH excluding ortho intramolecular Hbond substituents is 1. The Balaban J connectivity index is 1.68. The summed E-state index contributed by atoms with van der Waals surface area (Å²) < 4.78 is 0. The number of rotatable bonds is 3. The number of aryl methyl sites for hydroxylation is 1. The maximum Gasteiger partial charge on any atom is 0.269 e. The lowest BCUT2D eigenvalue weighted by molar-refractivity contribution is -0.384. The number of piperazine rings is 1. The van der Waals surface area contributed by atoms with Gasteiger partial charge in [-0.2, -0.15) is 0 Å². The Morgan fingerprint density at radius 2 is 1.84 bits per heavy atom. The Labute approximate surface area is 145 Å². The number of aromatic hydroxyl groups is 1. The quantitative estimate of drug-likeness (QED) is 0.685. The topological polar surface area (TPSA) is 86.9 Å². The number of amides is 1. The highest BCUT2D eigenvalue weighted by Gasteiger charge is 2.24. The molecule has 0 bridgehead atoms. The molecule has 1 fully saturated rings. The molecule has 0 saturated carbocycles. The molecule has 0 atom stereocenters. The third-order valence-electron chi connectivity index (χ3n) is 4.41. The molecule has 1 aliphatic rings. The molecule has 0 aliphatic carbocycles. The van der Waals surface area contributed by atoms with E-state index in [1.807, 2.05) is 6.07 Å². The standard InChI is InChI=1S/C18H19N3O4/c1-13-11-15(21(24)25)5-6-17(13)18(23)20-9-7-19(8-10-20)14-3-2-4-16(22)12-14/h2-6,11-12,22H,7-10H2,1H3. The Morgan fingerprint density at radius 1 is 1.12 bits per heavy atom. The van der Waals surface area contributed by atoms with Gasteiger partial charge in [0.05, 0.1) is 4.92 Å². The number of hydrogen-bond acceptors (Lipinski definition) is 5. The Kier molecular flexibility index (Phi) is 4.56. The fraction of sp³-hybridized carbons (Fsp3) is 0.278. The van der Waals surface area contributed by atoms with Crippen LogP contribution in [0.1, 0.15) is 15.9 Å². The average molecular weight is 341 g/mol. The van der Waals surface area contributed by atoms with Gasteiger partial charge in [0, 0.05) is 55.6 Å². The summed E-state index contributed by atoms with van der Waals surface area (Å²) in [6.07, 6.45) is 0. The number of non-ortho nitro benzene ring substituents is 1. The molecule has 1 N–H and O–H groups in total. The van der Waals surface area contributed by atoms with Crippen molar-refractivity contribution in [1.29, 1.82) is 0 Å². The van der Waals surface area contributed by atoms with E-state index in [4.69, 9.17) is 0 Å². The van der Waals surface area contributed by atoms with E-state index in [9.17, 15) is 20.0 Å². The number of benzene rings is 2. The summed E-state index contributed by atoms with van der Waals surface area (Å²) in [5.74, 6) is 0.112. The molecule has 0 spiro atoms. The third-order valence-corrected chi connectivity index (χ3v) is 4.41. The van der Waals surface area contributed by atoms with Crippen LogP contribution >= 0.6 is 0 Å². The van der Waals surface area contributed by atoms with Crippen molar-refractivity contribution < 1.29 is 14.8 Å². The molecule has 130 valence electrons. The minimum atomic E-state index is -0.463. The van der Waals surface area contributed by atoms with Crippen molar-refractivity contribution in [1.82, 2.24) is 4.90 Å². The molecule has 7 heteroatoms. The van der Waals surface area contributed by atoms with Crippen LogP contribution in [0.5, 0.6) is 5.75 Å². The number of nitro groups is 1. The van der Waals surface area contributed by atoms with E-state index in [2.05, 4.69) is 4.90 Å². The summed E-state index contributed by atoms with van der Waals surface area (Å²) in [5, 5.41) is 20.4. The fourth-order valence-corrected chi connectivity index (χ4v) is 3.03. The number of carbonyl (C=O) groups is 1. The highest BCUT2D eigenvalue weighted by atomic mass is 16.6. The van der Waals surface area contributed by atoms with Crippen molar-refractivity contribution in [2.24, 2.45) is 0 Å². The van der Waals surface area contributed by atoms with E-state index < -0.39 is 4.92 Å². The van der Waals surface area contributed by atoms with Crippen LogP contribution in [0.2, 0.25) is 0 Å². The first-order valence-corrected chi connectivity index (χ1v) is 8.04. The summed E-state index contributed by atoms with van der Waals surface area (Å²) in [7, 11) is 0. The van der Waals surface area contributed by atoms with E-state index in [0.717, 1.165) is 5.69 Å². The highest BCUT2D eigenvalue weighted by Crippen LogP contribution is 2.23. The zero-order chi connectivity index (χ0) is 18.0. The van der Waals surface area contributed by atoms with E-state index in [1.165, 1.54) is 18.2 Å². The van der Waals surface area contributed by atoms with Crippen LogP contribution in [-0.4, -0.2) is 47.0 Å². The Bertz CT molecular complexity index is 814. The molecule has 3 rings (SSSR count). The lowest BCUT2D eigenvalue weighted by Gasteiger charge is -2.36. The van der Waals surface area contributed by atoms with Gasteiger partial charge in [-0.05, 0) is 30.7 Å². The second kappa shape index (κ2) is 6.80. The molecule has 1 heterocycles. The molecule has 1 amide bonds. The summed E-state index contributed by atoms with van der Waals surface area (Å²) in [4.78, 5) is 26.9. The number of carbonyl (C=O) groups excluding carboxylic acids is 1. The van der Waals surface area contributed by atoms with Crippen LogP contribution in [0.25, 0.3) is 0 Å². The van der Waals surface area contributed by atoms with Gasteiger partial charge in [0.1, 0.15) is 5.75 Å². The summed E-state index contributed by atoms with van der Waals surface area (Å²) in [6, 6.07) is 11.4. The van der Waals surface area contributed by atoms with Gasteiger partial charge in [-0.3, -0.25) is 14.9 Å². The smallest absolute Gasteiger partial charge is 0.269 e. The number of anilines is 1. The summed E-state index contributed by atoms with van der Waals surface area (Å²) in [5.41, 5.74) is 2.02. The van der Waals surface area contributed by atoms with Crippen LogP contribution < -0.4 is 4.90 Å². The Morgan fingerprint density at radius 3 is 2.44 bits per heavy atom. The molecule has 0 unspecified atom stereocenters. The Hall–Kier alpha value is -3.09. The summed E-state index contributed by atoms with van der Waals surface area (Å²) in [6.45, 7) is 4.17. The van der Waals surface area contributed by atoms with Crippen molar-refractivity contribution in [3.8, 4) is 5.75 Å². The molecule has 7 nitrogen and oxygen atoms in total. The minimum absolute atomic E-state index is 0.0113. The second-order valence-electron chi connectivity index (χ2n) is 6.06. The van der Waals surface area contributed by atoms with Gasteiger partial charge in [0.25, 0.3) is 11.6 Å². The number of nitrogens with zero attached hydrogens (tertiary/aromatic N) is 3. The van der Waals surface area contributed by atoms with E-state index >= 15 is 0 Å². The van der Waals surface area contributed by atoms with Gasteiger partial charge in [-0.25, -0.2) is 0 Å². The third kappa shape index (κ3) is 3.55. The normalized spacial score (nSPS) is 14.4. The molecular formula is C18H19N3O4. The first kappa shape index (κ1) is 16.8. The number of phenols is 1. The summed E-state index contributed by atoms with van der Waals surface area (Å²) >= 11 is 0. The predicted molar refractivity (Wildman–Crippen MR) is 94.1 cm³/mol. The van der Waals surface area contributed by atoms with Gasteiger partial charge in [-0.1, -0.05) is 6.07 Å². The lowest BCUT2D eigenvalue weighted by atomic mass is 10.1. The van der Waals surface area contributed by atoms with Crippen molar-refractivity contribution in [3.63, 3.8) is 0 Å². The van der Waals surface area contributed by atoms with E-state index in [0.29, 0.717) is 37.3 Å². The monoisotopic (exact) mass is 341 g/mol. The van der Waals surface area contributed by atoms with Gasteiger partial charge in [-0.15, -0.1) is 0 Å². The van der Waals surface area contributed by atoms with Crippen LogP contribution in [0, 0.1) is 17.0 Å². The molecule has 2 aromatic carbocycles. The zero-order valence-electron chi connectivity index (χ0n) is 13.9. The second-order valence-corrected chi connectivity index (χ2v) is 6.06. The molecule has 2 aromatic rings. The molecular weight excluding hydrogens is 322 g/mol. The molecule has 0 radical (unpaired) electrons. The maximum atomic E-state index is 12.7. The van der Waals surface area contributed by atoms with Crippen LogP contribution in [0.3, 0.4) is 0 Å². The van der Waals surface area contributed by atoms with Crippen molar-refractivity contribution >= 4 is 17.3 Å². The first-order chi connectivity index (χ1) is 12.0. The average Bonchev–Trinajstić information content (AvgIpc) is 2.61. The van der Waals surface area contributed by atoms with Crippen molar-refractivity contribution in [2.75, 3.05) is 31.1 Å². The van der Waals surface area contributed by atoms with Crippen molar-refractivity contribution in [3.05, 3.63) is 63.7 Å². The van der Waals surface area contributed by atoms with Gasteiger partial charge in [0.2, 0.25) is 0 Å². The maximum absolute atomic E-state index is 12.7. The fourth-order valence-electron chi connectivity index (χ4n) is 3.03. The molecule has 25 heavy (non-hydrogen) atoms. The SMILES string of the molecule is Cc1cc([N+](=O)[O-])ccc1C(=O)N1CCN(c2cccc(O)c2)CC1. The zero-order valence-corrected chi connectivity index (χ0v) is 13.9. The molecule has 1 saturated heterocycles. The van der Waals surface area contributed by atoms with Gasteiger partial charge < -0.3 is 14.9 Å².